The van der Waals surface area contributed by atoms with Crippen molar-refractivity contribution in [3.8, 4) is 0 Å². The van der Waals surface area contributed by atoms with Gasteiger partial charge in [-0.05, 0) is 109 Å². The summed E-state index contributed by atoms with van der Waals surface area (Å²) in [6.45, 7) is 6.45. The Morgan fingerprint density at radius 1 is 0.304 bits per heavy atom. The lowest BCUT2D eigenvalue weighted by atomic mass is 10.1. The molecule has 0 amide bonds. The zero-order valence-corrected chi connectivity index (χ0v) is 44.8. The molecule has 0 saturated heterocycles. The Kier molecular flexibility index (Phi) is 53.4. The lowest BCUT2D eigenvalue weighted by Crippen LogP contribution is -2.30. The van der Waals surface area contributed by atoms with Gasteiger partial charge in [0.2, 0.25) is 0 Å². The van der Waals surface area contributed by atoms with Gasteiger partial charge < -0.3 is 14.2 Å². The number of rotatable bonds is 50. The molecular formula is C63H104O6. The molecule has 0 aromatic heterocycles. The van der Waals surface area contributed by atoms with Crippen LogP contribution in [0.4, 0.5) is 0 Å². The highest BCUT2D eigenvalue weighted by molar-refractivity contribution is 5.71. The molecule has 6 nitrogen and oxygen atoms in total. The van der Waals surface area contributed by atoms with Gasteiger partial charge in [-0.3, -0.25) is 14.4 Å². The number of esters is 3. The van der Waals surface area contributed by atoms with E-state index in [2.05, 4.69) is 130 Å². The largest absolute Gasteiger partial charge is 0.462 e. The van der Waals surface area contributed by atoms with Crippen molar-refractivity contribution in [2.75, 3.05) is 13.2 Å². The number of carbonyl (C=O) groups is 3. The number of hydrogen-bond acceptors (Lipinski definition) is 6. The summed E-state index contributed by atoms with van der Waals surface area (Å²) < 4.78 is 16.8. The van der Waals surface area contributed by atoms with Crippen LogP contribution in [0.3, 0.4) is 0 Å². The Labute approximate surface area is 425 Å². The second-order valence-electron chi connectivity index (χ2n) is 18.5. The quantitative estimate of drug-likeness (QED) is 0.0262. The van der Waals surface area contributed by atoms with E-state index in [1.54, 1.807) is 0 Å². The van der Waals surface area contributed by atoms with Crippen molar-refractivity contribution in [2.24, 2.45) is 0 Å². The molecule has 6 heteroatoms. The molecule has 1 unspecified atom stereocenters. The summed E-state index contributed by atoms with van der Waals surface area (Å²) >= 11 is 0. The Bertz CT molecular complexity index is 1420. The van der Waals surface area contributed by atoms with Crippen LogP contribution in [0.1, 0.15) is 252 Å². The van der Waals surface area contributed by atoms with Crippen molar-refractivity contribution in [2.45, 2.75) is 258 Å². The fourth-order valence-electron chi connectivity index (χ4n) is 7.51. The molecule has 0 spiro atoms. The van der Waals surface area contributed by atoms with Crippen molar-refractivity contribution in [1.29, 1.82) is 0 Å². The molecule has 0 heterocycles. The first-order valence-corrected chi connectivity index (χ1v) is 28.4. The summed E-state index contributed by atoms with van der Waals surface area (Å²) in [7, 11) is 0. The Morgan fingerprint density at radius 2 is 0.565 bits per heavy atom. The monoisotopic (exact) mass is 957 g/mol. The minimum atomic E-state index is -0.799. The van der Waals surface area contributed by atoms with E-state index in [4.69, 9.17) is 14.2 Å². The van der Waals surface area contributed by atoms with Gasteiger partial charge in [-0.25, -0.2) is 0 Å². The van der Waals surface area contributed by atoms with Crippen LogP contribution in [0, 0.1) is 0 Å². The highest BCUT2D eigenvalue weighted by Crippen LogP contribution is 2.14. The summed E-state index contributed by atoms with van der Waals surface area (Å²) in [5, 5.41) is 0. The summed E-state index contributed by atoms with van der Waals surface area (Å²) in [5.74, 6) is -0.953. The lowest BCUT2D eigenvalue weighted by Gasteiger charge is -2.18. The minimum Gasteiger partial charge on any atom is -0.462 e. The van der Waals surface area contributed by atoms with E-state index in [0.717, 1.165) is 122 Å². The minimum absolute atomic E-state index is 0.0950. The number of unbranched alkanes of at least 4 members (excludes halogenated alkanes) is 21. The van der Waals surface area contributed by atoms with Gasteiger partial charge in [0.25, 0.3) is 0 Å². The zero-order chi connectivity index (χ0) is 50.0. The first-order chi connectivity index (χ1) is 34.0. The normalized spacial score (nSPS) is 12.9. The van der Waals surface area contributed by atoms with E-state index in [1.807, 2.05) is 0 Å². The van der Waals surface area contributed by atoms with Gasteiger partial charge >= 0.3 is 17.9 Å². The molecular weight excluding hydrogens is 853 g/mol. The molecule has 1 atom stereocenters. The average Bonchev–Trinajstić information content (AvgIpc) is 3.35. The van der Waals surface area contributed by atoms with E-state index in [-0.39, 0.29) is 31.1 Å². The average molecular weight is 958 g/mol. The number of ether oxygens (including phenoxy) is 3. The SMILES string of the molecule is CC/C=C\C/C=C\C/C=C\C/C=C\C/C=C\C/C=C\C/C=C\C/C=C\CCCCC(=O)OCC(COC(=O)CCCCCCCCCCC)OC(=O)CCCCCCC/C=C\CCCCCCCC. The van der Waals surface area contributed by atoms with Crippen LogP contribution in [0.5, 0.6) is 0 Å². The standard InChI is InChI=1S/C63H104O6/c1-4-7-10-13-16-19-21-23-25-26-27-28-29-30-31-32-33-34-35-36-38-39-41-44-47-50-53-56-62(65)68-59-60(58-67-61(64)55-52-49-46-43-18-15-12-9-6-3)69-63(66)57-54-51-48-45-42-40-37-24-22-20-17-14-11-8-5-2/h7,10,16,19,23-25,27-28,30-31,33-34,36-38,41,44,60H,4-6,8-9,11-15,17-18,20-22,26,29,32,35,39-40,42-43,45-59H2,1-3H3/b10-7-,19-16-,25-23-,28-27-,31-30-,34-33-,37-24-,38-36-,44-41-. The molecule has 0 bridgehead atoms. The van der Waals surface area contributed by atoms with Crippen LogP contribution in [0.15, 0.2) is 109 Å². The van der Waals surface area contributed by atoms with E-state index in [9.17, 15) is 14.4 Å². The maximum Gasteiger partial charge on any atom is 0.306 e. The predicted octanol–water partition coefficient (Wildman–Crippen LogP) is 19.1. The van der Waals surface area contributed by atoms with E-state index in [1.165, 1.54) is 89.9 Å². The van der Waals surface area contributed by atoms with Gasteiger partial charge in [-0.1, -0.05) is 233 Å². The van der Waals surface area contributed by atoms with Crippen LogP contribution >= 0.6 is 0 Å². The van der Waals surface area contributed by atoms with Crippen LogP contribution in [-0.4, -0.2) is 37.2 Å². The summed E-state index contributed by atoms with van der Waals surface area (Å²) in [6, 6.07) is 0. The molecule has 0 aromatic rings. The topological polar surface area (TPSA) is 78.9 Å². The Balaban J connectivity index is 4.36. The molecule has 392 valence electrons. The predicted molar refractivity (Wildman–Crippen MR) is 297 cm³/mol. The third kappa shape index (κ3) is 54.9. The molecule has 0 saturated carbocycles. The van der Waals surface area contributed by atoms with Crippen molar-refractivity contribution < 1.29 is 28.6 Å². The fraction of sp³-hybridized carbons (Fsp3) is 0.667. The van der Waals surface area contributed by atoms with Gasteiger partial charge in [0.05, 0.1) is 0 Å². The maximum atomic E-state index is 12.8. The van der Waals surface area contributed by atoms with Crippen molar-refractivity contribution in [1.82, 2.24) is 0 Å². The van der Waals surface area contributed by atoms with Crippen LogP contribution in [0.25, 0.3) is 0 Å². The molecule has 0 aliphatic rings. The van der Waals surface area contributed by atoms with Gasteiger partial charge in [-0.2, -0.15) is 0 Å². The first kappa shape index (κ1) is 65.1. The van der Waals surface area contributed by atoms with Gasteiger partial charge in [0, 0.05) is 19.3 Å². The third-order valence-electron chi connectivity index (χ3n) is 11.8. The molecule has 0 rings (SSSR count). The first-order valence-electron chi connectivity index (χ1n) is 28.4. The second-order valence-corrected chi connectivity index (χ2v) is 18.5. The third-order valence-corrected chi connectivity index (χ3v) is 11.8. The molecule has 0 N–H and O–H groups in total. The summed E-state index contributed by atoms with van der Waals surface area (Å²) in [4.78, 5) is 38.0. The van der Waals surface area contributed by atoms with Gasteiger partial charge in [0.1, 0.15) is 13.2 Å². The lowest BCUT2D eigenvalue weighted by molar-refractivity contribution is -0.167. The van der Waals surface area contributed by atoms with Crippen molar-refractivity contribution in [3.05, 3.63) is 109 Å². The number of allylic oxidation sites excluding steroid dienone is 18. The fourth-order valence-corrected chi connectivity index (χ4v) is 7.51. The van der Waals surface area contributed by atoms with E-state index < -0.39 is 6.10 Å². The van der Waals surface area contributed by atoms with Crippen LogP contribution in [-0.2, 0) is 28.6 Å². The highest BCUT2D eigenvalue weighted by Gasteiger charge is 2.19. The van der Waals surface area contributed by atoms with E-state index >= 15 is 0 Å². The molecule has 0 radical (unpaired) electrons. The van der Waals surface area contributed by atoms with Gasteiger partial charge in [0.15, 0.2) is 6.10 Å². The summed E-state index contributed by atoms with van der Waals surface area (Å²) in [5.41, 5.74) is 0. The molecule has 0 aliphatic heterocycles. The van der Waals surface area contributed by atoms with Crippen LogP contribution < -0.4 is 0 Å². The van der Waals surface area contributed by atoms with Crippen molar-refractivity contribution >= 4 is 17.9 Å². The molecule has 0 aliphatic carbocycles. The number of carbonyl (C=O) groups excluding carboxylic acids is 3. The zero-order valence-electron chi connectivity index (χ0n) is 44.8. The summed E-state index contributed by atoms with van der Waals surface area (Å²) in [6.07, 6.45) is 76.6. The maximum absolute atomic E-state index is 12.8. The van der Waals surface area contributed by atoms with Crippen molar-refractivity contribution in [3.63, 3.8) is 0 Å². The Hall–Kier alpha value is -3.93. The molecule has 0 fully saturated rings. The Morgan fingerprint density at radius 3 is 0.928 bits per heavy atom. The van der Waals surface area contributed by atoms with E-state index in [0.29, 0.717) is 19.3 Å². The highest BCUT2D eigenvalue weighted by atomic mass is 16.6. The second kappa shape index (κ2) is 56.7. The molecule has 69 heavy (non-hydrogen) atoms. The molecule has 0 aromatic carbocycles. The smallest absolute Gasteiger partial charge is 0.306 e. The number of hydrogen-bond donors (Lipinski definition) is 0. The van der Waals surface area contributed by atoms with Gasteiger partial charge in [-0.15, -0.1) is 0 Å². The van der Waals surface area contributed by atoms with Crippen LogP contribution in [0.2, 0.25) is 0 Å².